The highest BCUT2D eigenvalue weighted by Crippen LogP contribution is 2.22. The number of halogens is 3. The molecule has 0 aromatic heterocycles. The molecule has 0 aliphatic carbocycles. The van der Waals surface area contributed by atoms with E-state index in [1.165, 1.54) is 0 Å². The van der Waals surface area contributed by atoms with E-state index < -0.39 is 0 Å². The predicted molar refractivity (Wildman–Crippen MR) is 92.6 cm³/mol. The summed E-state index contributed by atoms with van der Waals surface area (Å²) in [6, 6.07) is 12.9. The highest BCUT2D eigenvalue weighted by Gasteiger charge is 2.11. The van der Waals surface area contributed by atoms with E-state index in [0.717, 1.165) is 28.6 Å². The molecule has 0 aliphatic heterocycles. The fraction of sp³-hybridized carbons (Fsp3) is 0.188. The largest absolute Gasteiger partial charge is 0.322 e. The lowest BCUT2D eigenvalue weighted by Crippen LogP contribution is -2.12. The lowest BCUT2D eigenvalue weighted by Gasteiger charge is -2.08. The van der Waals surface area contributed by atoms with E-state index in [2.05, 4.69) is 21.2 Å². The molecular formula is C16H14BrCl2NO. The van der Waals surface area contributed by atoms with Gasteiger partial charge in [0.1, 0.15) is 0 Å². The van der Waals surface area contributed by atoms with Crippen LogP contribution in [0.25, 0.3) is 0 Å². The first-order chi connectivity index (χ1) is 10.1. The van der Waals surface area contributed by atoms with Crippen LogP contribution in [0, 0.1) is 0 Å². The average molecular weight is 387 g/mol. The van der Waals surface area contributed by atoms with E-state index in [4.69, 9.17) is 23.2 Å². The van der Waals surface area contributed by atoms with E-state index in [1.54, 1.807) is 18.2 Å². The minimum absolute atomic E-state index is 0.220. The van der Waals surface area contributed by atoms with Gasteiger partial charge in [0.05, 0.1) is 10.6 Å². The van der Waals surface area contributed by atoms with Crippen LogP contribution in [0.5, 0.6) is 0 Å². The van der Waals surface area contributed by atoms with Crippen molar-refractivity contribution in [1.29, 1.82) is 0 Å². The Labute approximate surface area is 142 Å². The Bertz CT molecular complexity index is 646. The molecular weight excluding hydrogens is 373 g/mol. The number of rotatable bonds is 5. The summed E-state index contributed by atoms with van der Waals surface area (Å²) < 4.78 is 0.840. The third kappa shape index (κ3) is 4.73. The zero-order valence-corrected chi connectivity index (χ0v) is 14.3. The van der Waals surface area contributed by atoms with Crippen molar-refractivity contribution in [3.63, 3.8) is 0 Å². The van der Waals surface area contributed by atoms with Gasteiger partial charge < -0.3 is 5.32 Å². The number of hydrogen-bond acceptors (Lipinski definition) is 1. The van der Waals surface area contributed by atoms with Gasteiger partial charge in [-0.1, -0.05) is 39.7 Å². The predicted octanol–water partition coefficient (Wildman–Crippen LogP) is 5.53. The quantitative estimate of drug-likeness (QED) is 0.672. The molecule has 2 rings (SSSR count). The molecule has 21 heavy (non-hydrogen) atoms. The number of hydrogen-bond donors (Lipinski definition) is 1. The molecule has 0 aliphatic rings. The highest BCUT2D eigenvalue weighted by molar-refractivity contribution is 9.10. The minimum atomic E-state index is -0.220. The van der Waals surface area contributed by atoms with Gasteiger partial charge in [-0.15, -0.1) is 11.6 Å². The maximum atomic E-state index is 12.2. The van der Waals surface area contributed by atoms with Gasteiger partial charge in [0.2, 0.25) is 0 Å². The molecule has 1 amide bonds. The van der Waals surface area contributed by atoms with Crippen molar-refractivity contribution in [2.24, 2.45) is 0 Å². The van der Waals surface area contributed by atoms with Gasteiger partial charge in [0.25, 0.3) is 5.91 Å². The molecule has 0 saturated carbocycles. The van der Waals surface area contributed by atoms with Crippen molar-refractivity contribution in [2.75, 3.05) is 11.2 Å². The molecule has 110 valence electrons. The molecule has 0 bridgehead atoms. The summed E-state index contributed by atoms with van der Waals surface area (Å²) in [5.74, 6) is 0.410. The molecule has 2 aromatic carbocycles. The molecule has 0 fully saturated rings. The van der Waals surface area contributed by atoms with Crippen LogP contribution in [0.15, 0.2) is 46.9 Å². The molecule has 0 heterocycles. The van der Waals surface area contributed by atoms with Gasteiger partial charge in [-0.05, 0) is 48.7 Å². The van der Waals surface area contributed by atoms with Crippen LogP contribution in [-0.4, -0.2) is 11.8 Å². The van der Waals surface area contributed by atoms with Gasteiger partial charge in [0.15, 0.2) is 0 Å². The Morgan fingerprint density at radius 1 is 1.19 bits per heavy atom. The van der Waals surface area contributed by atoms with Crippen molar-refractivity contribution >= 4 is 50.7 Å². The second-order valence-electron chi connectivity index (χ2n) is 4.57. The third-order valence-corrected chi connectivity index (χ3v) is 4.03. The van der Waals surface area contributed by atoms with Crippen molar-refractivity contribution in [1.82, 2.24) is 0 Å². The van der Waals surface area contributed by atoms with E-state index in [-0.39, 0.29) is 5.91 Å². The maximum absolute atomic E-state index is 12.2. The van der Waals surface area contributed by atoms with E-state index in [0.29, 0.717) is 16.5 Å². The van der Waals surface area contributed by atoms with Crippen LogP contribution in [-0.2, 0) is 6.42 Å². The highest BCUT2D eigenvalue weighted by atomic mass is 79.9. The Kier molecular flexibility index (Phi) is 6.09. The Morgan fingerprint density at radius 3 is 2.71 bits per heavy atom. The number of anilines is 1. The van der Waals surface area contributed by atoms with E-state index >= 15 is 0 Å². The first-order valence-electron chi connectivity index (χ1n) is 6.51. The summed E-state index contributed by atoms with van der Waals surface area (Å²) >= 11 is 15.1. The van der Waals surface area contributed by atoms with Gasteiger partial charge in [-0.3, -0.25) is 4.79 Å². The molecule has 5 heteroatoms. The van der Waals surface area contributed by atoms with Crippen LogP contribution < -0.4 is 5.32 Å². The second-order valence-corrected chi connectivity index (χ2v) is 6.27. The summed E-state index contributed by atoms with van der Waals surface area (Å²) in [5, 5.41) is 3.28. The van der Waals surface area contributed by atoms with Crippen LogP contribution in [0.2, 0.25) is 5.02 Å². The van der Waals surface area contributed by atoms with E-state index in [1.807, 2.05) is 24.3 Å². The smallest absolute Gasteiger partial charge is 0.257 e. The van der Waals surface area contributed by atoms with Crippen molar-refractivity contribution in [2.45, 2.75) is 12.8 Å². The van der Waals surface area contributed by atoms with Crippen molar-refractivity contribution < 1.29 is 4.79 Å². The zero-order valence-electron chi connectivity index (χ0n) is 11.2. The average Bonchev–Trinajstić information content (AvgIpc) is 2.45. The molecule has 0 radical (unpaired) electrons. The topological polar surface area (TPSA) is 29.1 Å². The Balaban J connectivity index is 2.12. The van der Waals surface area contributed by atoms with Gasteiger partial charge in [-0.2, -0.15) is 0 Å². The standard InChI is InChI=1S/C16H14BrCl2NO/c17-12-6-7-14(15(19)10-12)16(21)20-13-5-1-3-11(9-13)4-2-8-18/h1,3,5-7,9-10H,2,4,8H2,(H,20,21). The fourth-order valence-corrected chi connectivity index (χ4v) is 2.84. The SMILES string of the molecule is O=C(Nc1cccc(CCCCl)c1)c1ccc(Br)cc1Cl. The summed E-state index contributed by atoms with van der Waals surface area (Å²) in [4.78, 5) is 12.2. The summed E-state index contributed by atoms with van der Waals surface area (Å²) in [5.41, 5.74) is 2.35. The maximum Gasteiger partial charge on any atom is 0.257 e. The van der Waals surface area contributed by atoms with Crippen LogP contribution in [0.4, 0.5) is 5.69 Å². The van der Waals surface area contributed by atoms with Gasteiger partial charge in [-0.25, -0.2) is 0 Å². The number of carbonyl (C=O) groups is 1. The normalized spacial score (nSPS) is 10.4. The molecule has 0 atom stereocenters. The number of benzene rings is 2. The fourth-order valence-electron chi connectivity index (χ4n) is 1.95. The molecule has 2 nitrogen and oxygen atoms in total. The molecule has 2 aromatic rings. The Morgan fingerprint density at radius 2 is 2.00 bits per heavy atom. The number of carbonyl (C=O) groups excluding carboxylic acids is 1. The molecule has 0 unspecified atom stereocenters. The lowest BCUT2D eigenvalue weighted by atomic mass is 10.1. The van der Waals surface area contributed by atoms with Crippen molar-refractivity contribution in [3.8, 4) is 0 Å². The number of alkyl halides is 1. The number of nitrogens with one attached hydrogen (secondary N) is 1. The Hall–Kier alpha value is -1.03. The minimum Gasteiger partial charge on any atom is -0.322 e. The second kappa shape index (κ2) is 7.83. The molecule has 0 saturated heterocycles. The zero-order chi connectivity index (χ0) is 15.2. The first kappa shape index (κ1) is 16.3. The van der Waals surface area contributed by atoms with Crippen LogP contribution in [0.3, 0.4) is 0 Å². The summed E-state index contributed by atoms with van der Waals surface area (Å²) in [7, 11) is 0. The monoisotopic (exact) mass is 385 g/mol. The number of amides is 1. The van der Waals surface area contributed by atoms with E-state index in [9.17, 15) is 4.79 Å². The third-order valence-electron chi connectivity index (χ3n) is 2.96. The summed E-state index contributed by atoms with van der Waals surface area (Å²) in [6.45, 7) is 0. The summed E-state index contributed by atoms with van der Waals surface area (Å²) in [6.07, 6.45) is 1.81. The van der Waals surface area contributed by atoms with Crippen molar-refractivity contribution in [3.05, 3.63) is 63.1 Å². The number of aryl methyl sites for hydroxylation is 1. The lowest BCUT2D eigenvalue weighted by molar-refractivity contribution is 0.102. The molecule has 1 N–H and O–H groups in total. The van der Waals surface area contributed by atoms with Gasteiger partial charge in [0, 0.05) is 16.0 Å². The van der Waals surface area contributed by atoms with Gasteiger partial charge >= 0.3 is 0 Å². The van der Waals surface area contributed by atoms with Crippen LogP contribution in [0.1, 0.15) is 22.3 Å². The van der Waals surface area contributed by atoms with Crippen LogP contribution >= 0.6 is 39.1 Å². The first-order valence-corrected chi connectivity index (χ1v) is 8.22. The molecule has 0 spiro atoms.